The molecule has 0 saturated heterocycles. The Labute approximate surface area is 151 Å². The summed E-state index contributed by atoms with van der Waals surface area (Å²) in [6.45, 7) is 5.75. The van der Waals surface area contributed by atoms with Crippen LogP contribution in [0.1, 0.15) is 38.1 Å². The Bertz CT molecular complexity index is 900. The molecule has 0 radical (unpaired) electrons. The van der Waals surface area contributed by atoms with E-state index in [-0.39, 0.29) is 5.56 Å². The lowest BCUT2D eigenvalue weighted by atomic mass is 9.98. The molecular weight excluding hydrogens is 342 g/mol. The van der Waals surface area contributed by atoms with Gasteiger partial charge in [-0.2, -0.15) is 0 Å². The van der Waals surface area contributed by atoms with E-state index < -0.39 is 0 Å². The van der Waals surface area contributed by atoms with Crippen molar-refractivity contribution in [2.75, 3.05) is 14.2 Å². The number of methoxy groups -OCH3 is 1. The first-order valence-electron chi connectivity index (χ1n) is 8.14. The van der Waals surface area contributed by atoms with Crippen molar-refractivity contribution in [2.45, 2.75) is 33.6 Å². The minimum Gasteiger partial charge on any atom is -0.500 e. The topological polar surface area (TPSA) is 66.2 Å². The van der Waals surface area contributed by atoms with Crippen LogP contribution in [0.5, 0.6) is 0 Å². The van der Waals surface area contributed by atoms with Crippen LogP contribution in [-0.4, -0.2) is 28.9 Å². The second-order valence-electron chi connectivity index (χ2n) is 5.13. The minimum absolute atomic E-state index is 0.337. The molecule has 2 heterocycles. The second-order valence-corrected chi connectivity index (χ2v) is 5.54. The Hall–Kier alpha value is -2.34. The van der Waals surface area contributed by atoms with Gasteiger partial charge in [0.05, 0.1) is 12.7 Å². The lowest BCUT2D eigenvalue weighted by Crippen LogP contribution is -2.29. The minimum atomic E-state index is -0.337. The Morgan fingerprint density at radius 2 is 2.00 bits per heavy atom. The number of aromatic nitrogens is 3. The van der Waals surface area contributed by atoms with Crippen LogP contribution < -0.4 is 10.4 Å². The number of fused-ring (bicyclic) bond motifs is 1. The summed E-state index contributed by atoms with van der Waals surface area (Å²) in [5.74, 6) is 1.24. The summed E-state index contributed by atoms with van der Waals surface area (Å²) in [7, 11) is 3.00. The normalized spacial score (nSPS) is 13.9. The lowest BCUT2D eigenvalue weighted by Gasteiger charge is -2.18. The first-order valence-corrected chi connectivity index (χ1v) is 8.52. The van der Waals surface area contributed by atoms with Crippen LogP contribution in [0.2, 0.25) is 0 Å². The van der Waals surface area contributed by atoms with Gasteiger partial charge in [-0.25, -0.2) is 9.97 Å². The molecule has 134 valence electrons. The van der Waals surface area contributed by atoms with Gasteiger partial charge in [0.15, 0.2) is 5.65 Å². The predicted molar refractivity (Wildman–Crippen MR) is 99.5 cm³/mol. The Balaban J connectivity index is 0.00000109. The molecule has 1 aliphatic carbocycles. The van der Waals surface area contributed by atoms with Crippen molar-refractivity contribution in [3.8, 4) is 0 Å². The van der Waals surface area contributed by atoms with Gasteiger partial charge in [0.1, 0.15) is 18.7 Å². The van der Waals surface area contributed by atoms with Gasteiger partial charge in [-0.3, -0.25) is 4.79 Å². The molecular formula is C18H22ClN3O3. The summed E-state index contributed by atoms with van der Waals surface area (Å²) >= 11 is 6.34. The third-order valence-corrected chi connectivity index (χ3v) is 4.08. The zero-order valence-corrected chi connectivity index (χ0v) is 15.8. The van der Waals surface area contributed by atoms with Crippen molar-refractivity contribution >= 4 is 28.2 Å². The van der Waals surface area contributed by atoms with E-state index in [0.717, 1.165) is 11.2 Å². The van der Waals surface area contributed by atoms with Crippen LogP contribution in [0.3, 0.4) is 0 Å². The number of aryl methyl sites for hydroxylation is 1. The van der Waals surface area contributed by atoms with Crippen molar-refractivity contribution in [2.24, 2.45) is 0 Å². The zero-order chi connectivity index (χ0) is 18.6. The summed E-state index contributed by atoms with van der Waals surface area (Å²) < 4.78 is 6.57. The quantitative estimate of drug-likeness (QED) is 0.835. The van der Waals surface area contributed by atoms with E-state index in [1.54, 1.807) is 26.3 Å². The lowest BCUT2D eigenvalue weighted by molar-refractivity contribution is 0.167. The fourth-order valence-electron chi connectivity index (χ4n) is 2.68. The van der Waals surface area contributed by atoms with E-state index in [9.17, 15) is 4.79 Å². The monoisotopic (exact) mass is 363 g/mol. The van der Waals surface area contributed by atoms with Crippen LogP contribution in [-0.2, 0) is 4.74 Å². The van der Waals surface area contributed by atoms with Gasteiger partial charge in [0, 0.05) is 28.6 Å². The van der Waals surface area contributed by atoms with Crippen molar-refractivity contribution in [3.63, 3.8) is 0 Å². The SMILES string of the molecule is CC.COC1=C(c2cc3cnc(C)nc3n(OC)c2=O)C(Cl)=CCC1. The van der Waals surface area contributed by atoms with Crippen LogP contribution in [0.15, 0.2) is 33.9 Å². The van der Waals surface area contributed by atoms with Crippen LogP contribution in [0.25, 0.3) is 16.6 Å². The molecule has 0 bridgehead atoms. The highest BCUT2D eigenvalue weighted by Crippen LogP contribution is 2.35. The van der Waals surface area contributed by atoms with E-state index in [0.29, 0.717) is 45.2 Å². The molecule has 1 aliphatic rings. The molecule has 2 aromatic heterocycles. The highest BCUT2D eigenvalue weighted by atomic mass is 35.5. The maximum atomic E-state index is 12.8. The first kappa shape index (κ1) is 19.0. The van der Waals surface area contributed by atoms with Gasteiger partial charge < -0.3 is 9.57 Å². The summed E-state index contributed by atoms with van der Waals surface area (Å²) in [4.78, 5) is 26.5. The number of allylic oxidation sites excluding steroid dienone is 4. The standard InChI is InChI=1S/C16H16ClN3O3.C2H6/c1-9-18-8-10-7-11(16(21)20(23-3)15(10)19-9)14-12(17)5-4-6-13(14)22-2;1-2/h5,7-8H,4,6H2,1-3H3;1-2H3. The molecule has 0 aromatic carbocycles. The largest absolute Gasteiger partial charge is 0.500 e. The summed E-state index contributed by atoms with van der Waals surface area (Å²) in [6.07, 6.45) is 5.01. The predicted octanol–water partition coefficient (Wildman–Crippen LogP) is 3.46. The van der Waals surface area contributed by atoms with E-state index in [1.165, 1.54) is 7.11 Å². The number of nitrogens with zero attached hydrogens (tertiary/aromatic N) is 3. The van der Waals surface area contributed by atoms with Gasteiger partial charge in [0.2, 0.25) is 0 Å². The molecule has 3 rings (SSSR count). The number of halogens is 1. The number of ether oxygens (including phenoxy) is 1. The fourth-order valence-corrected chi connectivity index (χ4v) is 2.99. The summed E-state index contributed by atoms with van der Waals surface area (Å²) in [5, 5.41) is 1.19. The number of pyridine rings is 1. The van der Waals surface area contributed by atoms with Crippen molar-refractivity contribution in [1.82, 2.24) is 14.7 Å². The van der Waals surface area contributed by atoms with E-state index >= 15 is 0 Å². The van der Waals surface area contributed by atoms with Gasteiger partial charge in [0.25, 0.3) is 5.56 Å². The van der Waals surface area contributed by atoms with Crippen molar-refractivity contribution in [3.05, 3.63) is 50.9 Å². The molecule has 6 nitrogen and oxygen atoms in total. The van der Waals surface area contributed by atoms with Crippen LogP contribution >= 0.6 is 11.6 Å². The molecule has 0 unspecified atom stereocenters. The van der Waals surface area contributed by atoms with E-state index in [1.807, 2.05) is 19.9 Å². The second kappa shape index (κ2) is 8.16. The van der Waals surface area contributed by atoms with Gasteiger partial charge in [-0.15, -0.1) is 4.73 Å². The molecule has 0 aliphatic heterocycles. The maximum Gasteiger partial charge on any atom is 0.293 e. The average molecular weight is 364 g/mol. The molecule has 2 aromatic rings. The Morgan fingerprint density at radius 1 is 1.28 bits per heavy atom. The Kier molecular flexibility index (Phi) is 6.20. The highest BCUT2D eigenvalue weighted by molar-refractivity contribution is 6.37. The highest BCUT2D eigenvalue weighted by Gasteiger charge is 2.23. The molecule has 0 saturated carbocycles. The molecule has 25 heavy (non-hydrogen) atoms. The van der Waals surface area contributed by atoms with Crippen molar-refractivity contribution < 1.29 is 9.57 Å². The van der Waals surface area contributed by atoms with Gasteiger partial charge in [-0.05, 0) is 19.4 Å². The number of hydrogen-bond acceptors (Lipinski definition) is 5. The fraction of sp³-hybridized carbons (Fsp3) is 0.389. The smallest absolute Gasteiger partial charge is 0.293 e. The van der Waals surface area contributed by atoms with Crippen molar-refractivity contribution in [1.29, 1.82) is 0 Å². The molecule has 0 fully saturated rings. The number of hydrogen-bond donors (Lipinski definition) is 0. The summed E-state index contributed by atoms with van der Waals surface area (Å²) in [5.41, 5.74) is 1.09. The van der Waals surface area contributed by atoms with E-state index in [4.69, 9.17) is 21.2 Å². The zero-order valence-electron chi connectivity index (χ0n) is 15.1. The third-order valence-electron chi connectivity index (χ3n) is 3.73. The Morgan fingerprint density at radius 3 is 2.64 bits per heavy atom. The van der Waals surface area contributed by atoms with Gasteiger partial charge in [-0.1, -0.05) is 31.5 Å². The molecule has 7 heteroatoms. The van der Waals surface area contributed by atoms with Gasteiger partial charge >= 0.3 is 0 Å². The maximum absolute atomic E-state index is 12.8. The van der Waals surface area contributed by atoms with Crippen LogP contribution in [0.4, 0.5) is 0 Å². The van der Waals surface area contributed by atoms with Crippen LogP contribution in [0, 0.1) is 6.92 Å². The molecule has 0 N–H and O–H groups in total. The molecule has 0 spiro atoms. The third kappa shape index (κ3) is 3.54. The first-order chi connectivity index (χ1) is 12.1. The molecule has 0 amide bonds. The van der Waals surface area contributed by atoms with E-state index in [2.05, 4.69) is 9.97 Å². The average Bonchev–Trinajstić information content (AvgIpc) is 2.63. The molecule has 0 atom stereocenters. The number of rotatable bonds is 3. The summed E-state index contributed by atoms with van der Waals surface area (Å²) in [6, 6.07) is 1.72.